The van der Waals surface area contributed by atoms with E-state index in [1.54, 1.807) is 0 Å². The third-order valence-electron chi connectivity index (χ3n) is 2.67. The van der Waals surface area contributed by atoms with E-state index in [-0.39, 0.29) is 5.56 Å². The molecule has 19 heavy (non-hydrogen) atoms. The van der Waals surface area contributed by atoms with Gasteiger partial charge in [0.15, 0.2) is 0 Å². The van der Waals surface area contributed by atoms with E-state index in [0.29, 0.717) is 6.54 Å². The standard InChI is InChI=1S/C13H13N3O3/c1-16-12(18)10(11(17)15-13(16)19)8-14-7-9-5-3-2-4-6-9/h2-6,8,18H,7H2,1H3,(H,15,17,19). The van der Waals surface area contributed by atoms with Crippen LogP contribution in [0.1, 0.15) is 11.1 Å². The second kappa shape index (κ2) is 5.34. The molecule has 2 aromatic rings. The van der Waals surface area contributed by atoms with Crippen molar-refractivity contribution in [2.45, 2.75) is 6.54 Å². The van der Waals surface area contributed by atoms with Crippen LogP contribution in [-0.2, 0) is 13.6 Å². The molecule has 0 aliphatic carbocycles. The van der Waals surface area contributed by atoms with Crippen molar-refractivity contribution in [1.82, 2.24) is 9.55 Å². The lowest BCUT2D eigenvalue weighted by Gasteiger charge is -2.02. The van der Waals surface area contributed by atoms with Gasteiger partial charge in [0.1, 0.15) is 5.56 Å². The predicted molar refractivity (Wildman–Crippen MR) is 71.7 cm³/mol. The maximum absolute atomic E-state index is 11.5. The normalized spacial score (nSPS) is 11.0. The van der Waals surface area contributed by atoms with Crippen LogP contribution in [-0.4, -0.2) is 20.9 Å². The molecule has 0 amide bonds. The van der Waals surface area contributed by atoms with Crippen LogP contribution in [0.3, 0.4) is 0 Å². The predicted octanol–water partition coefficient (Wildman–Crippen LogP) is 0.398. The van der Waals surface area contributed by atoms with E-state index in [4.69, 9.17) is 0 Å². The molecule has 0 unspecified atom stereocenters. The lowest BCUT2D eigenvalue weighted by Crippen LogP contribution is -2.30. The molecule has 0 radical (unpaired) electrons. The van der Waals surface area contributed by atoms with E-state index in [9.17, 15) is 14.7 Å². The Labute approximate surface area is 108 Å². The number of aromatic nitrogens is 2. The Balaban J connectivity index is 2.27. The van der Waals surface area contributed by atoms with E-state index in [0.717, 1.165) is 10.1 Å². The molecule has 1 aromatic carbocycles. The first-order valence-electron chi connectivity index (χ1n) is 5.65. The van der Waals surface area contributed by atoms with Gasteiger partial charge in [-0.3, -0.25) is 19.3 Å². The van der Waals surface area contributed by atoms with E-state index >= 15 is 0 Å². The number of benzene rings is 1. The molecule has 1 heterocycles. The summed E-state index contributed by atoms with van der Waals surface area (Å²) in [5.41, 5.74) is -0.363. The summed E-state index contributed by atoms with van der Waals surface area (Å²) < 4.78 is 0.950. The summed E-state index contributed by atoms with van der Waals surface area (Å²) in [7, 11) is 1.36. The molecule has 98 valence electrons. The van der Waals surface area contributed by atoms with Gasteiger partial charge < -0.3 is 5.11 Å². The van der Waals surface area contributed by atoms with Crippen LogP contribution in [0.25, 0.3) is 0 Å². The monoisotopic (exact) mass is 259 g/mol. The number of rotatable bonds is 3. The van der Waals surface area contributed by atoms with Crippen molar-refractivity contribution in [2.75, 3.05) is 0 Å². The van der Waals surface area contributed by atoms with E-state index in [2.05, 4.69) is 9.98 Å². The lowest BCUT2D eigenvalue weighted by molar-refractivity contribution is 0.417. The minimum atomic E-state index is -0.664. The molecule has 6 nitrogen and oxygen atoms in total. The fraction of sp³-hybridized carbons (Fsp3) is 0.154. The number of hydrogen-bond donors (Lipinski definition) is 2. The van der Waals surface area contributed by atoms with Gasteiger partial charge in [0.05, 0.1) is 6.54 Å². The van der Waals surface area contributed by atoms with Crippen molar-refractivity contribution >= 4 is 6.21 Å². The van der Waals surface area contributed by atoms with Gasteiger partial charge in [-0.25, -0.2) is 4.79 Å². The van der Waals surface area contributed by atoms with E-state index in [1.165, 1.54) is 13.3 Å². The van der Waals surface area contributed by atoms with Gasteiger partial charge in [-0.1, -0.05) is 30.3 Å². The smallest absolute Gasteiger partial charge is 0.330 e. The van der Waals surface area contributed by atoms with Crippen molar-refractivity contribution in [2.24, 2.45) is 12.0 Å². The molecule has 1 aromatic heterocycles. The molecule has 0 aliphatic rings. The van der Waals surface area contributed by atoms with E-state index < -0.39 is 17.1 Å². The lowest BCUT2D eigenvalue weighted by atomic mass is 10.2. The maximum atomic E-state index is 11.5. The van der Waals surface area contributed by atoms with Crippen LogP contribution in [0.2, 0.25) is 0 Å². The Morgan fingerprint density at radius 1 is 1.32 bits per heavy atom. The number of aromatic amines is 1. The minimum absolute atomic E-state index is 0.0296. The number of nitrogens with zero attached hydrogens (tertiary/aromatic N) is 2. The molecule has 2 rings (SSSR count). The van der Waals surface area contributed by atoms with E-state index in [1.807, 2.05) is 30.3 Å². The molecule has 0 saturated heterocycles. The van der Waals surface area contributed by atoms with Gasteiger partial charge in [0.25, 0.3) is 5.56 Å². The largest absolute Gasteiger partial charge is 0.494 e. The first kappa shape index (κ1) is 12.8. The van der Waals surface area contributed by atoms with Crippen LogP contribution in [0, 0.1) is 0 Å². The highest BCUT2D eigenvalue weighted by atomic mass is 16.3. The van der Waals surface area contributed by atoms with Gasteiger partial charge in [-0.05, 0) is 5.56 Å². The summed E-state index contributed by atoms with van der Waals surface area (Å²) in [5, 5.41) is 9.71. The molecule has 0 aliphatic heterocycles. The molecule has 0 bridgehead atoms. The quantitative estimate of drug-likeness (QED) is 0.782. The van der Waals surface area contributed by atoms with Crippen molar-refractivity contribution in [1.29, 1.82) is 0 Å². The van der Waals surface area contributed by atoms with Crippen LogP contribution in [0.5, 0.6) is 5.88 Å². The number of H-pyrrole nitrogens is 1. The molecular weight excluding hydrogens is 246 g/mol. The molecule has 2 N–H and O–H groups in total. The zero-order chi connectivity index (χ0) is 13.8. The fourth-order valence-electron chi connectivity index (χ4n) is 1.57. The van der Waals surface area contributed by atoms with Crippen LogP contribution in [0.4, 0.5) is 0 Å². The van der Waals surface area contributed by atoms with Gasteiger partial charge in [-0.15, -0.1) is 0 Å². The van der Waals surface area contributed by atoms with Crippen molar-refractivity contribution in [3.63, 3.8) is 0 Å². The first-order valence-corrected chi connectivity index (χ1v) is 5.65. The van der Waals surface area contributed by atoms with Gasteiger partial charge in [0, 0.05) is 13.3 Å². The zero-order valence-electron chi connectivity index (χ0n) is 10.3. The second-order valence-corrected chi connectivity index (χ2v) is 4.01. The van der Waals surface area contributed by atoms with Crippen LogP contribution >= 0.6 is 0 Å². The molecule has 0 saturated carbocycles. The van der Waals surface area contributed by atoms with Crippen molar-refractivity contribution in [3.8, 4) is 5.88 Å². The Morgan fingerprint density at radius 3 is 2.68 bits per heavy atom. The molecule has 0 fully saturated rings. The molecular formula is C13H13N3O3. The SMILES string of the molecule is Cn1c(O)c(C=NCc2ccccc2)c(=O)[nH]c1=O. The third kappa shape index (κ3) is 2.79. The van der Waals surface area contributed by atoms with Crippen molar-refractivity contribution in [3.05, 3.63) is 62.3 Å². The van der Waals surface area contributed by atoms with Gasteiger partial charge in [-0.2, -0.15) is 0 Å². The Bertz CT molecular complexity index is 714. The zero-order valence-corrected chi connectivity index (χ0v) is 10.3. The average molecular weight is 259 g/mol. The first-order chi connectivity index (χ1) is 9.09. The Hall–Kier alpha value is -2.63. The van der Waals surface area contributed by atoms with Crippen LogP contribution < -0.4 is 11.2 Å². The topological polar surface area (TPSA) is 87.4 Å². The highest BCUT2D eigenvalue weighted by molar-refractivity contribution is 5.81. The highest BCUT2D eigenvalue weighted by Crippen LogP contribution is 2.06. The highest BCUT2D eigenvalue weighted by Gasteiger charge is 2.08. The second-order valence-electron chi connectivity index (χ2n) is 4.01. The average Bonchev–Trinajstić information content (AvgIpc) is 2.41. The summed E-state index contributed by atoms with van der Waals surface area (Å²) >= 11 is 0. The van der Waals surface area contributed by atoms with Crippen molar-refractivity contribution < 1.29 is 5.11 Å². The molecule has 6 heteroatoms. The summed E-state index contributed by atoms with van der Waals surface area (Å²) in [5.74, 6) is -0.398. The third-order valence-corrected chi connectivity index (χ3v) is 2.67. The number of hydrogen-bond acceptors (Lipinski definition) is 4. The van der Waals surface area contributed by atoms with Gasteiger partial charge in [0.2, 0.25) is 5.88 Å². The van der Waals surface area contributed by atoms with Gasteiger partial charge >= 0.3 is 5.69 Å². The number of nitrogens with one attached hydrogen (secondary N) is 1. The molecule has 0 spiro atoms. The minimum Gasteiger partial charge on any atom is -0.494 e. The summed E-state index contributed by atoms with van der Waals surface area (Å²) in [4.78, 5) is 28.9. The Morgan fingerprint density at radius 2 is 2.00 bits per heavy atom. The maximum Gasteiger partial charge on any atom is 0.330 e. The Kier molecular flexibility index (Phi) is 3.61. The number of aromatic hydroxyl groups is 1. The molecule has 0 atom stereocenters. The van der Waals surface area contributed by atoms with Crippen LogP contribution in [0.15, 0.2) is 44.9 Å². The fourth-order valence-corrected chi connectivity index (χ4v) is 1.57. The summed E-state index contributed by atoms with van der Waals surface area (Å²) in [6.45, 7) is 0.391. The summed E-state index contributed by atoms with van der Waals surface area (Å²) in [6.07, 6.45) is 1.26. The summed E-state index contributed by atoms with van der Waals surface area (Å²) in [6, 6.07) is 9.49. The number of aliphatic imine (C=N–C) groups is 1.